The molecule has 0 saturated heterocycles. The summed E-state index contributed by atoms with van der Waals surface area (Å²) >= 11 is 6.53. The second-order valence-electron chi connectivity index (χ2n) is 8.59. The predicted octanol–water partition coefficient (Wildman–Crippen LogP) is 5.71. The molecule has 0 aliphatic carbocycles. The molecule has 2 N–H and O–H groups in total. The minimum atomic E-state index is -0.191. The topological polar surface area (TPSA) is 38.7 Å². The Morgan fingerprint density at radius 1 is 0.920 bits per heavy atom. The van der Waals surface area contributed by atoms with Crippen molar-refractivity contribution in [3.8, 4) is 5.75 Å². The molecule has 25 heavy (non-hydrogen) atoms. The number of hydrogen-bond donors (Lipinski definition) is 2. The highest BCUT2D eigenvalue weighted by Crippen LogP contribution is 2.45. The molecule has 0 radical (unpaired) electrons. The first-order valence-electron chi connectivity index (χ1n) is 8.50. The third-order valence-corrected chi connectivity index (χ3v) is 4.83. The average Bonchev–Trinajstić information content (AvgIpc) is 2.82. The van der Waals surface area contributed by atoms with Crippen LogP contribution < -0.4 is 15.1 Å². The van der Waals surface area contributed by atoms with Crippen molar-refractivity contribution in [2.45, 2.75) is 52.4 Å². The van der Waals surface area contributed by atoms with Crippen LogP contribution >= 0.6 is 11.8 Å². The fourth-order valence-corrected chi connectivity index (χ4v) is 3.20. The molecule has 0 amide bonds. The number of phenols is 1. The van der Waals surface area contributed by atoms with Crippen molar-refractivity contribution >= 4 is 28.8 Å². The first kappa shape index (κ1) is 17.7. The Balaban J connectivity index is 2.17. The molecular formula is C20H26ClN3O. The van der Waals surface area contributed by atoms with Crippen LogP contribution in [0.5, 0.6) is 5.75 Å². The summed E-state index contributed by atoms with van der Waals surface area (Å²) in [5.74, 6) is 0.242. The second kappa shape index (κ2) is 5.73. The number of benzene rings is 2. The third-order valence-electron chi connectivity index (χ3n) is 4.50. The van der Waals surface area contributed by atoms with Gasteiger partial charge in [-0.15, -0.1) is 0 Å². The number of fused-ring (bicyclic) bond motifs is 1. The van der Waals surface area contributed by atoms with Gasteiger partial charge in [-0.3, -0.25) is 5.43 Å². The van der Waals surface area contributed by atoms with Crippen LogP contribution in [0.25, 0.3) is 0 Å². The first-order chi connectivity index (χ1) is 11.5. The van der Waals surface area contributed by atoms with Gasteiger partial charge in [-0.25, -0.2) is 0 Å². The largest absolute Gasteiger partial charge is 0.505 e. The molecule has 3 rings (SSSR count). The zero-order valence-electron chi connectivity index (χ0n) is 15.7. The van der Waals surface area contributed by atoms with Gasteiger partial charge in [0.25, 0.3) is 0 Å². The van der Waals surface area contributed by atoms with E-state index in [9.17, 15) is 5.11 Å². The fraction of sp³-hybridized carbons (Fsp3) is 0.400. The van der Waals surface area contributed by atoms with Crippen LogP contribution in [0.2, 0.25) is 0 Å². The SMILES string of the molecule is CC(C)(C)c1cc(N2Nc3ccccc3N2Cl)c(O)c(C(C)(C)C)c1. The van der Waals surface area contributed by atoms with E-state index in [1.807, 2.05) is 30.3 Å². The average molecular weight is 360 g/mol. The van der Waals surface area contributed by atoms with Crippen molar-refractivity contribution < 1.29 is 5.11 Å². The summed E-state index contributed by atoms with van der Waals surface area (Å²) in [5, 5.41) is 12.7. The maximum absolute atomic E-state index is 11.0. The Morgan fingerprint density at radius 2 is 1.56 bits per heavy atom. The summed E-state index contributed by atoms with van der Waals surface area (Å²) in [6, 6.07) is 11.9. The van der Waals surface area contributed by atoms with Crippen molar-refractivity contribution in [1.29, 1.82) is 0 Å². The smallest absolute Gasteiger partial charge is 0.146 e. The Labute approximate surface area is 155 Å². The summed E-state index contributed by atoms with van der Waals surface area (Å²) in [6.45, 7) is 12.8. The lowest BCUT2D eigenvalue weighted by Gasteiger charge is -2.31. The van der Waals surface area contributed by atoms with Gasteiger partial charge in [0.05, 0.1) is 5.69 Å². The normalized spacial score (nSPS) is 14.5. The molecule has 0 saturated carbocycles. The van der Waals surface area contributed by atoms with E-state index in [1.165, 1.54) is 4.53 Å². The number of nitrogens with one attached hydrogen (secondary N) is 1. The zero-order chi connectivity index (χ0) is 18.6. The third kappa shape index (κ3) is 3.11. The van der Waals surface area contributed by atoms with Gasteiger partial charge in [-0.2, -0.15) is 9.65 Å². The fourth-order valence-electron chi connectivity index (χ4n) is 2.93. The lowest BCUT2D eigenvalue weighted by atomic mass is 9.79. The van der Waals surface area contributed by atoms with Gasteiger partial charge in [-0.1, -0.05) is 59.7 Å². The van der Waals surface area contributed by atoms with E-state index in [4.69, 9.17) is 11.8 Å². The van der Waals surface area contributed by atoms with Crippen molar-refractivity contribution in [2.24, 2.45) is 0 Å². The minimum absolute atomic E-state index is 0.0494. The maximum Gasteiger partial charge on any atom is 0.146 e. The molecule has 1 aliphatic rings. The lowest BCUT2D eigenvalue weighted by molar-refractivity contribution is 0.445. The van der Waals surface area contributed by atoms with E-state index in [-0.39, 0.29) is 16.6 Å². The van der Waals surface area contributed by atoms with Crippen LogP contribution in [0.3, 0.4) is 0 Å². The summed E-state index contributed by atoms with van der Waals surface area (Å²) < 4.78 is 1.50. The second-order valence-corrected chi connectivity index (χ2v) is 8.91. The molecule has 1 heterocycles. The number of nitrogens with zero attached hydrogens (tertiary/aromatic N) is 2. The molecule has 0 aromatic heterocycles. The highest BCUT2D eigenvalue weighted by molar-refractivity contribution is 6.28. The minimum Gasteiger partial charge on any atom is -0.505 e. The van der Waals surface area contributed by atoms with Crippen LogP contribution in [-0.2, 0) is 10.8 Å². The Bertz CT molecular complexity index is 806. The molecule has 0 atom stereocenters. The van der Waals surface area contributed by atoms with E-state index in [2.05, 4.69) is 53.0 Å². The van der Waals surface area contributed by atoms with Crippen LogP contribution in [-0.4, -0.2) is 5.11 Å². The van der Waals surface area contributed by atoms with E-state index in [1.54, 1.807) is 5.12 Å². The van der Waals surface area contributed by atoms with E-state index < -0.39 is 0 Å². The molecule has 0 fully saturated rings. The Morgan fingerprint density at radius 3 is 2.12 bits per heavy atom. The van der Waals surface area contributed by atoms with Crippen LogP contribution in [0.4, 0.5) is 17.1 Å². The standard InChI is InChI=1S/C20H26ClN3O/c1-19(2,3)13-11-14(20(4,5)6)18(25)17(12-13)24-22-15-9-7-8-10-16(15)23(24)21/h7-12,22,25H,1-6H3. The predicted molar refractivity (Wildman–Crippen MR) is 106 cm³/mol. The molecule has 5 heteroatoms. The van der Waals surface area contributed by atoms with Gasteiger partial charge < -0.3 is 5.11 Å². The highest BCUT2D eigenvalue weighted by Gasteiger charge is 2.32. The summed E-state index contributed by atoms with van der Waals surface area (Å²) in [5.41, 5.74) is 7.46. The molecule has 0 bridgehead atoms. The molecule has 1 aliphatic heterocycles. The lowest BCUT2D eigenvalue weighted by Crippen LogP contribution is -2.36. The Kier molecular flexibility index (Phi) is 4.07. The summed E-state index contributed by atoms with van der Waals surface area (Å²) in [7, 11) is 0. The van der Waals surface area contributed by atoms with E-state index in [0.29, 0.717) is 5.69 Å². The molecule has 134 valence electrons. The summed E-state index contributed by atoms with van der Waals surface area (Å²) in [6.07, 6.45) is 0. The number of hydrogen-bond acceptors (Lipinski definition) is 4. The van der Waals surface area contributed by atoms with Gasteiger partial charge in [0.2, 0.25) is 0 Å². The molecule has 0 unspecified atom stereocenters. The molecule has 0 spiro atoms. The van der Waals surface area contributed by atoms with Crippen LogP contribution in [0.1, 0.15) is 52.7 Å². The summed E-state index contributed by atoms with van der Waals surface area (Å²) in [4.78, 5) is 0. The number of aromatic hydroxyl groups is 1. The van der Waals surface area contributed by atoms with Crippen molar-refractivity contribution in [3.63, 3.8) is 0 Å². The number of rotatable bonds is 1. The first-order valence-corrected chi connectivity index (χ1v) is 8.83. The zero-order valence-corrected chi connectivity index (χ0v) is 16.4. The van der Waals surface area contributed by atoms with Gasteiger partial charge in [-0.05, 0) is 34.6 Å². The van der Waals surface area contributed by atoms with Gasteiger partial charge >= 0.3 is 0 Å². The number of hydrazine groups is 2. The monoisotopic (exact) mass is 359 g/mol. The van der Waals surface area contributed by atoms with Crippen molar-refractivity contribution in [1.82, 2.24) is 0 Å². The Hall–Kier alpha value is -2.07. The molecular weight excluding hydrogens is 334 g/mol. The number of phenolic OH excluding ortho intramolecular Hbond substituents is 1. The molecule has 2 aromatic carbocycles. The van der Waals surface area contributed by atoms with Crippen molar-refractivity contribution in [2.75, 3.05) is 15.1 Å². The van der Waals surface area contributed by atoms with Gasteiger partial charge in [0.15, 0.2) is 0 Å². The molecule has 4 nitrogen and oxygen atoms in total. The van der Waals surface area contributed by atoms with Crippen LogP contribution in [0.15, 0.2) is 36.4 Å². The van der Waals surface area contributed by atoms with Crippen molar-refractivity contribution in [3.05, 3.63) is 47.5 Å². The molecule has 2 aromatic rings. The number of para-hydroxylation sites is 2. The quantitative estimate of drug-likeness (QED) is 0.639. The van der Waals surface area contributed by atoms with E-state index >= 15 is 0 Å². The van der Waals surface area contributed by atoms with Gasteiger partial charge in [0, 0.05) is 17.3 Å². The maximum atomic E-state index is 11.0. The number of halogens is 1. The highest BCUT2D eigenvalue weighted by atomic mass is 35.5. The van der Waals surface area contributed by atoms with Crippen LogP contribution in [0, 0.1) is 0 Å². The number of anilines is 3. The van der Waals surface area contributed by atoms with Gasteiger partial charge in [0.1, 0.15) is 17.1 Å². The van der Waals surface area contributed by atoms with E-state index in [0.717, 1.165) is 22.5 Å².